The normalized spacial score (nSPS) is 13.1. The Morgan fingerprint density at radius 2 is 2.00 bits per heavy atom. The highest BCUT2D eigenvalue weighted by atomic mass is 32.2. The summed E-state index contributed by atoms with van der Waals surface area (Å²) in [6.45, 7) is 1.17. The molecule has 0 spiro atoms. The number of thioether (sulfide) groups is 1. The van der Waals surface area contributed by atoms with Gasteiger partial charge in [-0.2, -0.15) is 13.2 Å². The Bertz CT molecular complexity index is 257. The van der Waals surface area contributed by atoms with Crippen molar-refractivity contribution in [2.24, 2.45) is 0 Å². The number of amides is 1. The zero-order chi connectivity index (χ0) is 12.8. The fourth-order valence-corrected chi connectivity index (χ4v) is 1.65. The van der Waals surface area contributed by atoms with Gasteiger partial charge in [0.15, 0.2) is 0 Å². The molecular weight excluding hydrogens is 247 g/mol. The van der Waals surface area contributed by atoms with E-state index >= 15 is 0 Å². The maximum Gasteiger partial charge on any atom is 0.397 e. The van der Waals surface area contributed by atoms with Crippen molar-refractivity contribution in [3.8, 4) is 0 Å². The van der Waals surface area contributed by atoms with E-state index in [0.29, 0.717) is 11.8 Å². The van der Waals surface area contributed by atoms with Crippen LogP contribution in [0.25, 0.3) is 0 Å². The topological polar surface area (TPSA) is 55.4 Å². The summed E-state index contributed by atoms with van der Waals surface area (Å²) in [6.07, 6.45) is -4.29. The summed E-state index contributed by atoms with van der Waals surface area (Å²) in [5, 5.41) is 2.22. The average Bonchev–Trinajstić information content (AvgIpc) is 2.12. The Kier molecular flexibility index (Phi) is 6.24. The molecule has 8 heteroatoms. The Balaban J connectivity index is 4.12. The summed E-state index contributed by atoms with van der Waals surface area (Å²) >= 11 is 0.513. The lowest BCUT2D eigenvalue weighted by Crippen LogP contribution is -2.42. The summed E-state index contributed by atoms with van der Waals surface area (Å²) in [5.74, 6) is -2.50. The third-order valence-corrected chi connectivity index (χ3v) is 2.51. The van der Waals surface area contributed by atoms with Gasteiger partial charge < -0.3 is 10.1 Å². The maximum absolute atomic E-state index is 11.8. The minimum absolute atomic E-state index is 0.175. The number of rotatable bonds is 5. The fourth-order valence-electron chi connectivity index (χ4n) is 0.849. The van der Waals surface area contributed by atoms with Crippen LogP contribution in [0.3, 0.4) is 0 Å². The van der Waals surface area contributed by atoms with E-state index in [9.17, 15) is 22.8 Å². The monoisotopic (exact) mass is 259 g/mol. The molecule has 0 aliphatic heterocycles. The van der Waals surface area contributed by atoms with Gasteiger partial charge in [-0.05, 0) is 0 Å². The highest BCUT2D eigenvalue weighted by Gasteiger charge is 2.29. The molecule has 94 valence electrons. The van der Waals surface area contributed by atoms with E-state index in [1.807, 2.05) is 0 Å². The molecule has 4 nitrogen and oxygen atoms in total. The number of alkyl halides is 3. The number of nitrogens with one attached hydrogen (secondary N) is 1. The molecule has 0 aliphatic rings. The summed E-state index contributed by atoms with van der Waals surface area (Å²) < 4.78 is 39.8. The zero-order valence-electron chi connectivity index (χ0n) is 8.76. The maximum atomic E-state index is 11.8. The van der Waals surface area contributed by atoms with E-state index in [-0.39, 0.29) is 5.75 Å². The number of carbonyl (C=O) groups is 2. The molecule has 0 saturated carbocycles. The second-order valence-electron chi connectivity index (χ2n) is 2.91. The molecule has 0 radical (unpaired) electrons. The number of ether oxygens (including phenoxy) is 1. The van der Waals surface area contributed by atoms with Crippen LogP contribution in [0.2, 0.25) is 0 Å². The van der Waals surface area contributed by atoms with Crippen molar-refractivity contribution >= 4 is 23.6 Å². The lowest BCUT2D eigenvalue weighted by Gasteiger charge is -2.15. The molecule has 1 atom stereocenters. The third kappa shape index (κ3) is 7.38. The van der Waals surface area contributed by atoms with Crippen molar-refractivity contribution in [2.45, 2.75) is 19.1 Å². The first-order valence-corrected chi connectivity index (χ1v) is 5.41. The van der Waals surface area contributed by atoms with Gasteiger partial charge in [0.1, 0.15) is 6.04 Å². The molecule has 0 aliphatic carbocycles. The van der Waals surface area contributed by atoms with Crippen molar-refractivity contribution < 1.29 is 27.5 Å². The quantitative estimate of drug-likeness (QED) is 0.747. The molecule has 0 aromatic heterocycles. The van der Waals surface area contributed by atoms with Crippen LogP contribution in [0, 0.1) is 0 Å². The Labute approximate surface area is 94.9 Å². The van der Waals surface area contributed by atoms with Crippen LogP contribution in [0.5, 0.6) is 0 Å². The van der Waals surface area contributed by atoms with E-state index in [1.54, 1.807) is 0 Å². The SMILES string of the molecule is COC(=O)[C@H](CSCC(F)(F)F)NC(C)=O. The first-order chi connectivity index (χ1) is 7.26. The Morgan fingerprint density at radius 3 is 2.38 bits per heavy atom. The van der Waals surface area contributed by atoms with Crippen LogP contribution in [-0.4, -0.2) is 42.7 Å². The molecule has 0 fully saturated rings. The van der Waals surface area contributed by atoms with E-state index in [1.165, 1.54) is 6.92 Å². The van der Waals surface area contributed by atoms with Gasteiger partial charge in [0.05, 0.1) is 12.9 Å². The molecular formula is C8H12F3NO3S. The van der Waals surface area contributed by atoms with Gasteiger partial charge in [0.2, 0.25) is 5.91 Å². The van der Waals surface area contributed by atoms with Crippen LogP contribution in [0.4, 0.5) is 13.2 Å². The minimum atomic E-state index is -4.29. The zero-order valence-corrected chi connectivity index (χ0v) is 9.57. The predicted octanol–water partition coefficient (Wildman–Crippen LogP) is 0.960. The molecule has 0 rings (SSSR count). The van der Waals surface area contributed by atoms with Gasteiger partial charge in [-0.1, -0.05) is 0 Å². The van der Waals surface area contributed by atoms with E-state index in [2.05, 4.69) is 10.1 Å². The molecule has 0 aromatic rings. The van der Waals surface area contributed by atoms with Crippen molar-refractivity contribution in [1.82, 2.24) is 5.32 Å². The molecule has 16 heavy (non-hydrogen) atoms. The summed E-state index contributed by atoms with van der Waals surface area (Å²) in [5.41, 5.74) is 0. The molecule has 1 N–H and O–H groups in total. The van der Waals surface area contributed by atoms with Gasteiger partial charge >= 0.3 is 12.1 Å². The summed E-state index contributed by atoms with van der Waals surface area (Å²) in [4.78, 5) is 21.8. The lowest BCUT2D eigenvalue weighted by atomic mass is 10.3. The molecule has 0 saturated heterocycles. The fraction of sp³-hybridized carbons (Fsp3) is 0.750. The Hall–Kier alpha value is -0.920. The van der Waals surface area contributed by atoms with E-state index in [4.69, 9.17) is 0 Å². The number of hydrogen-bond donors (Lipinski definition) is 1. The third-order valence-electron chi connectivity index (χ3n) is 1.41. The van der Waals surface area contributed by atoms with Crippen LogP contribution in [-0.2, 0) is 14.3 Å². The number of hydrogen-bond acceptors (Lipinski definition) is 4. The molecule has 0 heterocycles. The highest BCUT2D eigenvalue weighted by molar-refractivity contribution is 7.99. The first kappa shape index (κ1) is 15.1. The Morgan fingerprint density at radius 1 is 1.44 bits per heavy atom. The molecule has 0 bridgehead atoms. The number of carbonyl (C=O) groups excluding carboxylic acids is 2. The minimum Gasteiger partial charge on any atom is -0.467 e. The number of halogens is 3. The van der Waals surface area contributed by atoms with Crippen molar-refractivity contribution in [1.29, 1.82) is 0 Å². The second kappa shape index (κ2) is 6.62. The van der Waals surface area contributed by atoms with Gasteiger partial charge in [-0.15, -0.1) is 11.8 Å². The van der Waals surface area contributed by atoms with Crippen LogP contribution < -0.4 is 5.32 Å². The largest absolute Gasteiger partial charge is 0.467 e. The van der Waals surface area contributed by atoms with Crippen LogP contribution in [0.1, 0.15) is 6.92 Å². The first-order valence-electron chi connectivity index (χ1n) is 4.25. The van der Waals surface area contributed by atoms with E-state index < -0.39 is 29.8 Å². The summed E-state index contributed by atoms with van der Waals surface area (Å²) in [7, 11) is 1.10. The number of esters is 1. The van der Waals surface area contributed by atoms with Gasteiger partial charge in [-0.3, -0.25) is 4.79 Å². The smallest absolute Gasteiger partial charge is 0.397 e. The van der Waals surface area contributed by atoms with Gasteiger partial charge in [-0.25, -0.2) is 4.79 Å². The molecule has 0 aromatic carbocycles. The van der Waals surface area contributed by atoms with Crippen molar-refractivity contribution in [3.63, 3.8) is 0 Å². The lowest BCUT2D eigenvalue weighted by molar-refractivity contribution is -0.144. The molecule has 1 amide bonds. The van der Waals surface area contributed by atoms with Crippen LogP contribution >= 0.6 is 11.8 Å². The predicted molar refractivity (Wildman–Crippen MR) is 53.0 cm³/mol. The van der Waals surface area contributed by atoms with Crippen molar-refractivity contribution in [3.05, 3.63) is 0 Å². The number of methoxy groups -OCH3 is 1. The standard InChI is InChI=1S/C8H12F3NO3S/c1-5(13)12-6(7(14)15-2)3-16-4-8(9,10)11/h6H,3-4H2,1-2H3,(H,12,13)/t6-/m0/s1. The van der Waals surface area contributed by atoms with Crippen molar-refractivity contribution in [2.75, 3.05) is 18.6 Å². The average molecular weight is 259 g/mol. The van der Waals surface area contributed by atoms with E-state index in [0.717, 1.165) is 7.11 Å². The van der Waals surface area contributed by atoms with Gasteiger partial charge in [0, 0.05) is 12.7 Å². The summed E-state index contributed by atoms with van der Waals surface area (Å²) in [6, 6.07) is -1.05. The van der Waals surface area contributed by atoms with Gasteiger partial charge in [0.25, 0.3) is 0 Å². The highest BCUT2D eigenvalue weighted by Crippen LogP contribution is 2.21. The second-order valence-corrected chi connectivity index (χ2v) is 3.94. The van der Waals surface area contributed by atoms with Crippen LogP contribution in [0.15, 0.2) is 0 Å². The molecule has 0 unspecified atom stereocenters.